The number of phenols is 1. The van der Waals surface area contributed by atoms with Crippen molar-refractivity contribution in [1.82, 2.24) is 5.32 Å². The second kappa shape index (κ2) is 4.87. The number of hydrogen-bond donors (Lipinski definition) is 2. The Morgan fingerprint density at radius 3 is 2.85 bits per heavy atom. The summed E-state index contributed by atoms with van der Waals surface area (Å²) in [6, 6.07) is 7.69. The van der Waals surface area contributed by atoms with Crippen molar-refractivity contribution in [3.63, 3.8) is 0 Å². The van der Waals surface area contributed by atoms with Gasteiger partial charge in [0.25, 0.3) is 0 Å². The third kappa shape index (κ3) is 3.07. The molecule has 0 saturated heterocycles. The summed E-state index contributed by atoms with van der Waals surface area (Å²) in [6.45, 7) is 5.25. The first-order valence-electron chi connectivity index (χ1n) is 4.76. The number of benzene rings is 1. The highest BCUT2D eigenvalue weighted by Crippen LogP contribution is 2.17. The summed E-state index contributed by atoms with van der Waals surface area (Å²) in [6.07, 6.45) is 1.13. The zero-order valence-corrected chi connectivity index (χ0v) is 8.25. The molecule has 1 aromatic rings. The maximum Gasteiger partial charge on any atom is 0.115 e. The van der Waals surface area contributed by atoms with Crippen LogP contribution in [0.3, 0.4) is 0 Å². The molecule has 0 radical (unpaired) electrons. The van der Waals surface area contributed by atoms with E-state index >= 15 is 0 Å². The van der Waals surface area contributed by atoms with Crippen molar-refractivity contribution in [2.75, 3.05) is 6.54 Å². The minimum Gasteiger partial charge on any atom is -0.508 e. The van der Waals surface area contributed by atoms with Crippen LogP contribution in [0.5, 0.6) is 5.75 Å². The number of nitrogens with one attached hydrogen (secondary N) is 1. The van der Waals surface area contributed by atoms with E-state index in [1.54, 1.807) is 12.1 Å². The minimum atomic E-state index is 0.312. The van der Waals surface area contributed by atoms with Crippen LogP contribution in [0.15, 0.2) is 24.3 Å². The first-order chi connectivity index (χ1) is 6.24. The molecule has 0 aliphatic heterocycles. The molecule has 1 atom stereocenters. The molecule has 0 aromatic heterocycles. The summed E-state index contributed by atoms with van der Waals surface area (Å²) in [4.78, 5) is 0. The van der Waals surface area contributed by atoms with Gasteiger partial charge in [0.15, 0.2) is 0 Å². The maximum absolute atomic E-state index is 9.26. The molecule has 0 saturated carbocycles. The molecule has 0 aliphatic carbocycles. The van der Waals surface area contributed by atoms with Gasteiger partial charge in [-0.05, 0) is 37.6 Å². The smallest absolute Gasteiger partial charge is 0.115 e. The van der Waals surface area contributed by atoms with E-state index in [1.807, 2.05) is 12.1 Å². The average molecular weight is 179 g/mol. The van der Waals surface area contributed by atoms with Crippen molar-refractivity contribution < 1.29 is 5.11 Å². The van der Waals surface area contributed by atoms with Crippen molar-refractivity contribution in [2.45, 2.75) is 26.3 Å². The lowest BCUT2D eigenvalue weighted by atomic mass is 10.1. The van der Waals surface area contributed by atoms with E-state index in [4.69, 9.17) is 0 Å². The van der Waals surface area contributed by atoms with Gasteiger partial charge in [0, 0.05) is 6.04 Å². The van der Waals surface area contributed by atoms with Crippen LogP contribution < -0.4 is 5.32 Å². The van der Waals surface area contributed by atoms with Crippen LogP contribution in [-0.4, -0.2) is 11.7 Å². The van der Waals surface area contributed by atoms with Gasteiger partial charge in [-0.2, -0.15) is 0 Å². The van der Waals surface area contributed by atoms with E-state index in [-0.39, 0.29) is 0 Å². The molecule has 0 bridgehead atoms. The third-order valence-corrected chi connectivity index (χ3v) is 2.07. The summed E-state index contributed by atoms with van der Waals surface area (Å²) in [7, 11) is 0. The Labute approximate surface area is 79.6 Å². The predicted octanol–water partition coefficient (Wildman–Crippen LogP) is 2.45. The molecule has 2 nitrogen and oxygen atoms in total. The Balaban J connectivity index is 2.60. The van der Waals surface area contributed by atoms with Crippen LogP contribution in [0.1, 0.15) is 31.9 Å². The van der Waals surface area contributed by atoms with Crippen LogP contribution in [0.2, 0.25) is 0 Å². The van der Waals surface area contributed by atoms with Crippen molar-refractivity contribution >= 4 is 0 Å². The predicted molar refractivity (Wildman–Crippen MR) is 54.8 cm³/mol. The van der Waals surface area contributed by atoms with Gasteiger partial charge in [-0.1, -0.05) is 19.1 Å². The standard InChI is InChI=1S/C11H17NO/c1-3-7-12-9(2)10-5-4-6-11(13)8-10/h4-6,8-9,12-13H,3,7H2,1-2H3. The zero-order valence-electron chi connectivity index (χ0n) is 8.25. The normalized spacial score (nSPS) is 12.8. The van der Waals surface area contributed by atoms with Crippen LogP contribution in [0.4, 0.5) is 0 Å². The number of rotatable bonds is 4. The van der Waals surface area contributed by atoms with Crippen molar-refractivity contribution in [1.29, 1.82) is 0 Å². The van der Waals surface area contributed by atoms with Gasteiger partial charge < -0.3 is 10.4 Å². The van der Waals surface area contributed by atoms with Crippen LogP contribution in [0, 0.1) is 0 Å². The van der Waals surface area contributed by atoms with E-state index in [0.717, 1.165) is 18.5 Å². The fourth-order valence-corrected chi connectivity index (χ4v) is 1.27. The fourth-order valence-electron chi connectivity index (χ4n) is 1.27. The molecular weight excluding hydrogens is 162 g/mol. The lowest BCUT2D eigenvalue weighted by Gasteiger charge is -2.13. The molecule has 2 heteroatoms. The molecule has 0 amide bonds. The highest BCUT2D eigenvalue weighted by atomic mass is 16.3. The Morgan fingerprint density at radius 2 is 2.23 bits per heavy atom. The van der Waals surface area contributed by atoms with Gasteiger partial charge in [-0.3, -0.25) is 0 Å². The van der Waals surface area contributed by atoms with Gasteiger partial charge in [0.1, 0.15) is 5.75 Å². The van der Waals surface area contributed by atoms with E-state index in [2.05, 4.69) is 19.2 Å². The Hall–Kier alpha value is -1.02. The SMILES string of the molecule is CCCNC(C)c1cccc(O)c1. The fraction of sp³-hybridized carbons (Fsp3) is 0.455. The summed E-state index contributed by atoms with van der Waals surface area (Å²) < 4.78 is 0. The summed E-state index contributed by atoms with van der Waals surface area (Å²) in [5, 5.41) is 12.6. The van der Waals surface area contributed by atoms with Crippen molar-refractivity contribution in [2.24, 2.45) is 0 Å². The molecule has 0 heterocycles. The first kappa shape index (κ1) is 10.1. The second-order valence-electron chi connectivity index (χ2n) is 3.27. The number of aromatic hydroxyl groups is 1. The number of phenolic OH excluding ortho intramolecular Hbond substituents is 1. The molecule has 0 spiro atoms. The lowest BCUT2D eigenvalue weighted by Crippen LogP contribution is -2.19. The van der Waals surface area contributed by atoms with Crippen molar-refractivity contribution in [3.8, 4) is 5.75 Å². The average Bonchev–Trinajstić information content (AvgIpc) is 2.14. The maximum atomic E-state index is 9.26. The highest BCUT2D eigenvalue weighted by molar-refractivity contribution is 5.28. The van der Waals surface area contributed by atoms with E-state index in [1.165, 1.54) is 0 Å². The largest absolute Gasteiger partial charge is 0.508 e. The molecule has 1 aromatic carbocycles. The molecule has 0 fully saturated rings. The molecule has 13 heavy (non-hydrogen) atoms. The van der Waals surface area contributed by atoms with Gasteiger partial charge in [0.2, 0.25) is 0 Å². The minimum absolute atomic E-state index is 0.312. The summed E-state index contributed by atoms with van der Waals surface area (Å²) in [5.74, 6) is 0.336. The van der Waals surface area contributed by atoms with E-state index in [9.17, 15) is 5.11 Å². The number of hydrogen-bond acceptors (Lipinski definition) is 2. The molecule has 0 aliphatic rings. The molecule has 72 valence electrons. The van der Waals surface area contributed by atoms with Crippen LogP contribution >= 0.6 is 0 Å². The molecular formula is C11H17NO. The van der Waals surface area contributed by atoms with Gasteiger partial charge in [0.05, 0.1) is 0 Å². The van der Waals surface area contributed by atoms with Crippen LogP contribution in [-0.2, 0) is 0 Å². The summed E-state index contributed by atoms with van der Waals surface area (Å²) in [5.41, 5.74) is 1.13. The Bertz CT molecular complexity index is 260. The van der Waals surface area contributed by atoms with Crippen molar-refractivity contribution in [3.05, 3.63) is 29.8 Å². The monoisotopic (exact) mass is 179 g/mol. The van der Waals surface area contributed by atoms with Gasteiger partial charge in [-0.25, -0.2) is 0 Å². The molecule has 1 rings (SSSR count). The van der Waals surface area contributed by atoms with E-state index in [0.29, 0.717) is 11.8 Å². The van der Waals surface area contributed by atoms with E-state index < -0.39 is 0 Å². The Kier molecular flexibility index (Phi) is 3.77. The highest BCUT2D eigenvalue weighted by Gasteiger charge is 2.03. The Morgan fingerprint density at radius 1 is 1.46 bits per heavy atom. The third-order valence-electron chi connectivity index (χ3n) is 2.07. The first-order valence-corrected chi connectivity index (χ1v) is 4.76. The lowest BCUT2D eigenvalue weighted by molar-refractivity contribution is 0.472. The van der Waals surface area contributed by atoms with Gasteiger partial charge >= 0.3 is 0 Å². The quantitative estimate of drug-likeness (QED) is 0.744. The van der Waals surface area contributed by atoms with Crippen LogP contribution in [0.25, 0.3) is 0 Å². The zero-order chi connectivity index (χ0) is 9.68. The molecule has 2 N–H and O–H groups in total. The molecule has 1 unspecified atom stereocenters. The second-order valence-corrected chi connectivity index (χ2v) is 3.27. The van der Waals surface area contributed by atoms with Gasteiger partial charge in [-0.15, -0.1) is 0 Å². The summed E-state index contributed by atoms with van der Waals surface area (Å²) >= 11 is 0. The topological polar surface area (TPSA) is 32.3 Å².